The van der Waals surface area contributed by atoms with Crippen molar-refractivity contribution in [3.8, 4) is 0 Å². The Balaban J connectivity index is 2.04. The van der Waals surface area contributed by atoms with Crippen LogP contribution in [0, 0.1) is 0 Å². The SMILES string of the molecule is O=C(O)/C=C/c1cncc(C(=O)NC2CNC(=O)C2)c1. The van der Waals surface area contributed by atoms with Gasteiger partial charge in [-0.3, -0.25) is 14.6 Å². The van der Waals surface area contributed by atoms with Crippen LogP contribution in [0.25, 0.3) is 6.08 Å². The minimum absolute atomic E-state index is 0.0911. The van der Waals surface area contributed by atoms with Gasteiger partial charge in [-0.2, -0.15) is 0 Å². The lowest BCUT2D eigenvalue weighted by atomic mass is 10.1. The van der Waals surface area contributed by atoms with Gasteiger partial charge >= 0.3 is 5.97 Å². The number of hydrogen-bond acceptors (Lipinski definition) is 4. The molecule has 1 atom stereocenters. The molecule has 2 rings (SSSR count). The molecule has 0 bridgehead atoms. The van der Waals surface area contributed by atoms with E-state index >= 15 is 0 Å². The van der Waals surface area contributed by atoms with Gasteiger partial charge in [-0.1, -0.05) is 0 Å². The molecular weight excluding hydrogens is 262 g/mol. The Morgan fingerprint density at radius 1 is 1.45 bits per heavy atom. The Labute approximate surface area is 114 Å². The van der Waals surface area contributed by atoms with E-state index in [0.717, 1.165) is 6.08 Å². The van der Waals surface area contributed by atoms with Gasteiger partial charge in [0.2, 0.25) is 5.91 Å². The van der Waals surface area contributed by atoms with Gasteiger partial charge in [0.15, 0.2) is 0 Å². The summed E-state index contributed by atoms with van der Waals surface area (Å²) in [5.74, 6) is -1.51. The van der Waals surface area contributed by atoms with Crippen LogP contribution in [0.4, 0.5) is 0 Å². The summed E-state index contributed by atoms with van der Waals surface area (Å²) >= 11 is 0. The van der Waals surface area contributed by atoms with Gasteiger partial charge in [-0.25, -0.2) is 4.79 Å². The highest BCUT2D eigenvalue weighted by molar-refractivity contribution is 5.95. The summed E-state index contributed by atoms with van der Waals surface area (Å²) < 4.78 is 0. The maximum atomic E-state index is 12.0. The van der Waals surface area contributed by atoms with Crippen molar-refractivity contribution in [2.75, 3.05) is 6.54 Å². The summed E-state index contributed by atoms with van der Waals surface area (Å²) in [5, 5.41) is 13.9. The van der Waals surface area contributed by atoms with Crippen LogP contribution in [0.5, 0.6) is 0 Å². The predicted molar refractivity (Wildman–Crippen MR) is 69.8 cm³/mol. The number of rotatable bonds is 4. The lowest BCUT2D eigenvalue weighted by molar-refractivity contribution is -0.131. The average Bonchev–Trinajstić information content (AvgIpc) is 2.82. The number of aliphatic carboxylic acids is 1. The summed E-state index contributed by atoms with van der Waals surface area (Å²) in [6.07, 6.45) is 5.43. The first-order chi connectivity index (χ1) is 9.54. The van der Waals surface area contributed by atoms with Crippen molar-refractivity contribution in [2.24, 2.45) is 0 Å². The van der Waals surface area contributed by atoms with Crippen molar-refractivity contribution in [3.63, 3.8) is 0 Å². The van der Waals surface area contributed by atoms with Gasteiger partial charge in [0.25, 0.3) is 5.91 Å². The maximum absolute atomic E-state index is 12.0. The van der Waals surface area contributed by atoms with Crippen molar-refractivity contribution in [1.29, 1.82) is 0 Å². The van der Waals surface area contributed by atoms with E-state index in [1.807, 2.05) is 0 Å². The molecule has 0 radical (unpaired) electrons. The average molecular weight is 275 g/mol. The zero-order valence-corrected chi connectivity index (χ0v) is 10.5. The van der Waals surface area contributed by atoms with Crippen LogP contribution in [0.1, 0.15) is 22.3 Å². The molecule has 1 aliphatic rings. The number of carboxylic acid groups (broad SMARTS) is 1. The number of carboxylic acids is 1. The van der Waals surface area contributed by atoms with Crippen LogP contribution in [0.15, 0.2) is 24.5 Å². The van der Waals surface area contributed by atoms with Crippen molar-refractivity contribution in [1.82, 2.24) is 15.6 Å². The number of pyridine rings is 1. The molecule has 104 valence electrons. The molecule has 0 saturated carbocycles. The monoisotopic (exact) mass is 275 g/mol. The van der Waals surface area contributed by atoms with Crippen molar-refractivity contribution in [2.45, 2.75) is 12.5 Å². The van der Waals surface area contributed by atoms with Crippen LogP contribution in [-0.2, 0) is 9.59 Å². The number of aromatic nitrogens is 1. The van der Waals surface area contributed by atoms with E-state index in [9.17, 15) is 14.4 Å². The van der Waals surface area contributed by atoms with Crippen molar-refractivity contribution < 1.29 is 19.5 Å². The third-order valence-corrected chi connectivity index (χ3v) is 2.75. The molecular formula is C13H13N3O4. The molecule has 1 unspecified atom stereocenters. The van der Waals surface area contributed by atoms with E-state index in [2.05, 4.69) is 15.6 Å². The quantitative estimate of drug-likeness (QED) is 0.659. The standard InChI is InChI=1S/C13H13N3O4/c17-11-4-10(7-15-11)16-13(20)9-3-8(5-14-6-9)1-2-12(18)19/h1-3,5-6,10H,4,7H2,(H,15,17)(H,16,20)(H,18,19)/b2-1+. The molecule has 0 spiro atoms. The molecule has 7 heteroatoms. The van der Waals surface area contributed by atoms with Crippen LogP contribution in [0.3, 0.4) is 0 Å². The van der Waals surface area contributed by atoms with E-state index in [1.165, 1.54) is 24.5 Å². The highest BCUT2D eigenvalue weighted by Gasteiger charge is 2.23. The first-order valence-corrected chi connectivity index (χ1v) is 5.98. The van der Waals surface area contributed by atoms with Crippen LogP contribution in [-0.4, -0.2) is 40.5 Å². The second-order valence-corrected chi connectivity index (χ2v) is 4.36. The predicted octanol–water partition coefficient (Wildman–Crippen LogP) is -0.202. The molecule has 2 amide bonds. The molecule has 7 nitrogen and oxygen atoms in total. The van der Waals surface area contributed by atoms with E-state index in [1.54, 1.807) is 0 Å². The summed E-state index contributed by atoms with van der Waals surface area (Å²) in [4.78, 5) is 37.3. The molecule has 20 heavy (non-hydrogen) atoms. The van der Waals surface area contributed by atoms with Crippen molar-refractivity contribution in [3.05, 3.63) is 35.7 Å². The maximum Gasteiger partial charge on any atom is 0.328 e. The van der Waals surface area contributed by atoms with Gasteiger partial charge in [-0.05, 0) is 17.7 Å². The van der Waals surface area contributed by atoms with Crippen LogP contribution >= 0.6 is 0 Å². The van der Waals surface area contributed by atoms with Crippen LogP contribution < -0.4 is 10.6 Å². The second kappa shape index (κ2) is 5.96. The normalized spacial score (nSPS) is 18.0. The molecule has 0 aromatic carbocycles. The lowest BCUT2D eigenvalue weighted by Crippen LogP contribution is -2.36. The smallest absolute Gasteiger partial charge is 0.328 e. The highest BCUT2D eigenvalue weighted by Crippen LogP contribution is 2.07. The molecule has 1 aliphatic heterocycles. The summed E-state index contributed by atoms with van der Waals surface area (Å²) in [6, 6.07) is 1.31. The minimum Gasteiger partial charge on any atom is -0.478 e. The van der Waals surface area contributed by atoms with E-state index in [0.29, 0.717) is 17.7 Å². The molecule has 1 fully saturated rings. The summed E-state index contributed by atoms with van der Waals surface area (Å²) in [5.41, 5.74) is 0.831. The zero-order chi connectivity index (χ0) is 14.5. The third kappa shape index (κ3) is 3.64. The van der Waals surface area contributed by atoms with Gasteiger partial charge < -0.3 is 15.7 Å². The van der Waals surface area contributed by atoms with Gasteiger partial charge in [-0.15, -0.1) is 0 Å². The summed E-state index contributed by atoms with van der Waals surface area (Å²) in [7, 11) is 0. The molecule has 1 aromatic rings. The van der Waals surface area contributed by atoms with E-state index < -0.39 is 5.97 Å². The Kier molecular flexibility index (Phi) is 4.09. The van der Waals surface area contributed by atoms with Gasteiger partial charge in [0.05, 0.1) is 11.6 Å². The minimum atomic E-state index is -1.07. The topological polar surface area (TPSA) is 108 Å². The van der Waals surface area contributed by atoms with Gasteiger partial charge in [0.1, 0.15) is 0 Å². The molecule has 2 heterocycles. The molecule has 3 N–H and O–H groups in total. The summed E-state index contributed by atoms with van der Waals surface area (Å²) in [6.45, 7) is 0.413. The molecule has 1 aromatic heterocycles. The molecule has 0 aliphatic carbocycles. The first-order valence-electron chi connectivity index (χ1n) is 5.98. The first kappa shape index (κ1) is 13.7. The number of carbonyl (C=O) groups is 3. The Morgan fingerprint density at radius 3 is 2.90 bits per heavy atom. The fourth-order valence-electron chi connectivity index (χ4n) is 1.82. The third-order valence-electron chi connectivity index (χ3n) is 2.75. The number of nitrogens with one attached hydrogen (secondary N) is 2. The lowest BCUT2D eigenvalue weighted by Gasteiger charge is -2.10. The highest BCUT2D eigenvalue weighted by atomic mass is 16.4. The Morgan fingerprint density at radius 2 is 2.25 bits per heavy atom. The largest absolute Gasteiger partial charge is 0.478 e. The van der Waals surface area contributed by atoms with Crippen molar-refractivity contribution >= 4 is 23.9 Å². The van der Waals surface area contributed by atoms with Crippen LogP contribution in [0.2, 0.25) is 0 Å². The number of amides is 2. The van der Waals surface area contributed by atoms with E-state index in [-0.39, 0.29) is 24.3 Å². The number of carbonyl (C=O) groups excluding carboxylic acids is 2. The second-order valence-electron chi connectivity index (χ2n) is 4.36. The van der Waals surface area contributed by atoms with E-state index in [4.69, 9.17) is 5.11 Å². The zero-order valence-electron chi connectivity index (χ0n) is 10.5. The Hall–Kier alpha value is -2.70. The molecule has 1 saturated heterocycles. The fourth-order valence-corrected chi connectivity index (χ4v) is 1.82. The number of nitrogens with zero attached hydrogens (tertiary/aromatic N) is 1. The number of hydrogen-bond donors (Lipinski definition) is 3. The van der Waals surface area contributed by atoms with Gasteiger partial charge in [0, 0.05) is 31.4 Å². The fraction of sp³-hybridized carbons (Fsp3) is 0.231. The Bertz CT molecular complexity index is 583.